The second-order valence-corrected chi connectivity index (χ2v) is 10.8. The smallest absolute Gasteiger partial charge is 0.252 e. The predicted octanol–water partition coefficient (Wildman–Crippen LogP) is 3.05. The van der Waals surface area contributed by atoms with Gasteiger partial charge in [0.1, 0.15) is 0 Å². The third-order valence-corrected chi connectivity index (χ3v) is 8.64. The standard InChI is InChI=1S/C21H32ClN3O3S/c1-3-14-29(27,28)25-12-10-24(11-13-25)21(8-4-5-9-21)16-23-20(26)18-7-6-17(2)15-19(18)22/h6-7,15H,3-5,8-14,16H2,1-2H3,(H,23,26). The minimum Gasteiger partial charge on any atom is -0.350 e. The summed E-state index contributed by atoms with van der Waals surface area (Å²) in [6.45, 7) is 6.89. The molecular formula is C21H32ClN3O3S. The zero-order valence-electron chi connectivity index (χ0n) is 17.4. The Hall–Kier alpha value is -1.15. The zero-order chi connectivity index (χ0) is 21.1. The first-order chi connectivity index (χ1) is 13.8. The van der Waals surface area contributed by atoms with E-state index in [-0.39, 0.29) is 17.2 Å². The molecule has 0 radical (unpaired) electrons. The van der Waals surface area contributed by atoms with Gasteiger partial charge in [0.2, 0.25) is 10.0 Å². The van der Waals surface area contributed by atoms with Crippen molar-refractivity contribution in [2.45, 2.75) is 51.5 Å². The molecule has 2 fully saturated rings. The SMILES string of the molecule is CCCS(=O)(=O)N1CCN(C2(CNC(=O)c3ccc(C)cc3Cl)CCCC2)CC1. The molecule has 8 heteroatoms. The number of hydrogen-bond donors (Lipinski definition) is 1. The van der Waals surface area contributed by atoms with Crippen molar-refractivity contribution >= 4 is 27.5 Å². The molecule has 1 aliphatic carbocycles. The molecule has 1 N–H and O–H groups in total. The molecule has 162 valence electrons. The lowest BCUT2D eigenvalue weighted by Gasteiger charge is -2.45. The topological polar surface area (TPSA) is 69.7 Å². The molecule has 1 heterocycles. The quantitative estimate of drug-likeness (QED) is 0.706. The average Bonchev–Trinajstić information content (AvgIpc) is 3.16. The number of rotatable bonds is 7. The molecule has 1 aromatic rings. The Morgan fingerprint density at radius 2 is 1.83 bits per heavy atom. The van der Waals surface area contributed by atoms with Crippen molar-refractivity contribution in [1.29, 1.82) is 0 Å². The third kappa shape index (κ3) is 5.13. The summed E-state index contributed by atoms with van der Waals surface area (Å²) in [6.07, 6.45) is 4.96. The Balaban J connectivity index is 1.64. The van der Waals surface area contributed by atoms with E-state index in [1.54, 1.807) is 16.4 Å². The summed E-state index contributed by atoms with van der Waals surface area (Å²) in [7, 11) is -3.15. The number of sulfonamides is 1. The van der Waals surface area contributed by atoms with Gasteiger partial charge in [0.25, 0.3) is 5.91 Å². The number of benzene rings is 1. The number of nitrogens with one attached hydrogen (secondary N) is 1. The summed E-state index contributed by atoms with van der Waals surface area (Å²) in [5, 5.41) is 3.57. The first kappa shape index (κ1) is 22.5. The fourth-order valence-electron chi connectivity index (χ4n) is 4.61. The van der Waals surface area contributed by atoms with Gasteiger partial charge in [-0.3, -0.25) is 9.69 Å². The van der Waals surface area contributed by atoms with Crippen LogP contribution in [0.15, 0.2) is 18.2 Å². The van der Waals surface area contributed by atoms with Crippen molar-refractivity contribution in [1.82, 2.24) is 14.5 Å². The van der Waals surface area contributed by atoms with E-state index >= 15 is 0 Å². The highest BCUT2D eigenvalue weighted by Gasteiger charge is 2.42. The van der Waals surface area contributed by atoms with Crippen molar-refractivity contribution in [3.63, 3.8) is 0 Å². The molecule has 3 rings (SSSR count). The van der Waals surface area contributed by atoms with Crippen molar-refractivity contribution in [3.05, 3.63) is 34.3 Å². The molecule has 6 nitrogen and oxygen atoms in total. The summed E-state index contributed by atoms with van der Waals surface area (Å²) in [5.74, 6) is 0.0661. The maximum absolute atomic E-state index is 12.7. The van der Waals surface area contributed by atoms with Crippen LogP contribution in [0.4, 0.5) is 0 Å². The second-order valence-electron chi connectivity index (χ2n) is 8.30. The molecule has 29 heavy (non-hydrogen) atoms. The van der Waals surface area contributed by atoms with E-state index in [2.05, 4.69) is 10.2 Å². The van der Waals surface area contributed by atoms with Crippen LogP contribution in [-0.2, 0) is 10.0 Å². The lowest BCUT2D eigenvalue weighted by Crippen LogP contribution is -2.60. The number of carbonyl (C=O) groups is 1. The van der Waals surface area contributed by atoms with Gasteiger partial charge < -0.3 is 5.32 Å². The molecule has 1 saturated heterocycles. The van der Waals surface area contributed by atoms with Gasteiger partial charge in [0.15, 0.2) is 0 Å². The molecule has 1 amide bonds. The molecule has 0 aromatic heterocycles. The van der Waals surface area contributed by atoms with Crippen molar-refractivity contribution in [3.8, 4) is 0 Å². The minimum atomic E-state index is -3.15. The van der Waals surface area contributed by atoms with E-state index in [4.69, 9.17) is 11.6 Å². The number of carbonyl (C=O) groups excluding carboxylic acids is 1. The van der Waals surface area contributed by atoms with Crippen LogP contribution in [-0.4, -0.2) is 67.5 Å². The summed E-state index contributed by atoms with van der Waals surface area (Å²) in [4.78, 5) is 15.1. The fourth-order valence-corrected chi connectivity index (χ4v) is 6.42. The van der Waals surface area contributed by atoms with Gasteiger partial charge in [-0.15, -0.1) is 0 Å². The number of halogens is 1. The largest absolute Gasteiger partial charge is 0.350 e. The first-order valence-corrected chi connectivity index (χ1v) is 12.5. The molecule has 0 unspecified atom stereocenters. The molecule has 1 aromatic carbocycles. The normalized spacial score (nSPS) is 20.7. The Kier molecular flexibility index (Phi) is 7.25. The maximum atomic E-state index is 12.7. The van der Waals surface area contributed by atoms with Crippen LogP contribution in [0.25, 0.3) is 0 Å². The van der Waals surface area contributed by atoms with Crippen LogP contribution in [0.2, 0.25) is 5.02 Å². The molecule has 0 spiro atoms. The maximum Gasteiger partial charge on any atom is 0.252 e. The van der Waals surface area contributed by atoms with E-state index in [0.717, 1.165) is 31.2 Å². The highest BCUT2D eigenvalue weighted by atomic mass is 35.5. The van der Waals surface area contributed by atoms with Crippen LogP contribution >= 0.6 is 11.6 Å². The summed E-state index contributed by atoms with van der Waals surface area (Å²) >= 11 is 6.25. The van der Waals surface area contributed by atoms with Crippen LogP contribution < -0.4 is 5.32 Å². The van der Waals surface area contributed by atoms with E-state index < -0.39 is 10.0 Å². The monoisotopic (exact) mass is 441 g/mol. The Morgan fingerprint density at radius 3 is 2.41 bits per heavy atom. The van der Waals surface area contributed by atoms with Gasteiger partial charge in [-0.05, 0) is 43.9 Å². The molecule has 1 aliphatic heterocycles. The van der Waals surface area contributed by atoms with E-state index in [1.165, 1.54) is 0 Å². The molecule has 1 saturated carbocycles. The predicted molar refractivity (Wildman–Crippen MR) is 117 cm³/mol. The Bertz CT molecular complexity index is 830. The highest BCUT2D eigenvalue weighted by molar-refractivity contribution is 7.89. The molecule has 0 bridgehead atoms. The van der Waals surface area contributed by atoms with E-state index in [1.807, 2.05) is 19.9 Å². The summed E-state index contributed by atoms with van der Waals surface area (Å²) in [5.41, 5.74) is 1.43. The Labute approximate surface area is 179 Å². The number of hydrogen-bond acceptors (Lipinski definition) is 4. The van der Waals surface area contributed by atoms with Crippen LogP contribution in [0, 0.1) is 6.92 Å². The van der Waals surface area contributed by atoms with Crippen LogP contribution in [0.5, 0.6) is 0 Å². The van der Waals surface area contributed by atoms with Gasteiger partial charge in [-0.25, -0.2) is 8.42 Å². The van der Waals surface area contributed by atoms with Crippen molar-refractivity contribution < 1.29 is 13.2 Å². The van der Waals surface area contributed by atoms with Gasteiger partial charge in [0, 0.05) is 38.3 Å². The van der Waals surface area contributed by atoms with Gasteiger partial charge >= 0.3 is 0 Å². The zero-order valence-corrected chi connectivity index (χ0v) is 19.0. The van der Waals surface area contributed by atoms with E-state index in [0.29, 0.717) is 49.7 Å². The fraction of sp³-hybridized carbons (Fsp3) is 0.667. The summed E-state index contributed by atoms with van der Waals surface area (Å²) in [6, 6.07) is 5.46. The molecule has 2 aliphatic rings. The second kappa shape index (κ2) is 9.33. The van der Waals surface area contributed by atoms with Crippen LogP contribution in [0.3, 0.4) is 0 Å². The lowest BCUT2D eigenvalue weighted by atomic mass is 9.93. The van der Waals surface area contributed by atoms with Gasteiger partial charge in [0.05, 0.1) is 16.3 Å². The van der Waals surface area contributed by atoms with E-state index in [9.17, 15) is 13.2 Å². The Morgan fingerprint density at radius 1 is 1.17 bits per heavy atom. The highest BCUT2D eigenvalue weighted by Crippen LogP contribution is 2.36. The van der Waals surface area contributed by atoms with Gasteiger partial charge in [-0.2, -0.15) is 4.31 Å². The first-order valence-electron chi connectivity index (χ1n) is 10.5. The number of amides is 1. The number of nitrogens with zero attached hydrogens (tertiary/aromatic N) is 2. The van der Waals surface area contributed by atoms with Crippen molar-refractivity contribution in [2.75, 3.05) is 38.5 Å². The number of piperazine rings is 1. The number of aryl methyl sites for hydroxylation is 1. The lowest BCUT2D eigenvalue weighted by molar-refractivity contribution is 0.0540. The molecule has 0 atom stereocenters. The summed E-state index contributed by atoms with van der Waals surface area (Å²) < 4.78 is 26.3. The average molecular weight is 442 g/mol. The third-order valence-electron chi connectivity index (χ3n) is 6.25. The molecular weight excluding hydrogens is 410 g/mol. The van der Waals surface area contributed by atoms with Gasteiger partial charge in [-0.1, -0.05) is 37.4 Å². The van der Waals surface area contributed by atoms with Crippen molar-refractivity contribution in [2.24, 2.45) is 0 Å². The minimum absolute atomic E-state index is 0.0898. The van der Waals surface area contributed by atoms with Crippen LogP contribution in [0.1, 0.15) is 54.9 Å².